The molecule has 4 aliphatic heterocycles. The van der Waals surface area contributed by atoms with Crippen LogP contribution in [0.1, 0.15) is 68.6 Å². The molecule has 0 bridgehead atoms. The number of rotatable bonds is 9. The molecule has 3 saturated heterocycles. The van der Waals surface area contributed by atoms with Gasteiger partial charge < -0.3 is 24.2 Å². The predicted molar refractivity (Wildman–Crippen MR) is 204 cm³/mol. The van der Waals surface area contributed by atoms with E-state index in [0.29, 0.717) is 54.9 Å². The van der Waals surface area contributed by atoms with Crippen LogP contribution in [0.3, 0.4) is 0 Å². The van der Waals surface area contributed by atoms with Crippen molar-refractivity contribution in [1.29, 1.82) is 0 Å². The Bertz CT molecular complexity index is 2410. The second-order valence-electron chi connectivity index (χ2n) is 15.4. The number of phenols is 1. The molecule has 3 fully saturated rings. The maximum absolute atomic E-state index is 17.3. The van der Waals surface area contributed by atoms with Gasteiger partial charge >= 0.3 is 6.01 Å². The summed E-state index contributed by atoms with van der Waals surface area (Å²) in [6, 6.07) is 5.40. The van der Waals surface area contributed by atoms with Gasteiger partial charge in [-0.1, -0.05) is 12.0 Å². The number of aromatic hydroxyl groups is 1. The van der Waals surface area contributed by atoms with E-state index < -0.39 is 24.0 Å². The molecular formula is C42H41F4N7O4. The number of alkyl halides is 2. The van der Waals surface area contributed by atoms with E-state index in [1.54, 1.807) is 0 Å². The Morgan fingerprint density at radius 2 is 1.89 bits per heavy atom. The standard InChI is InChI=1S/C42H41F4N7O4/c1-3-28-30(44)8-6-24-18-27(54)19-29(32(24)28)36-35(46)37-33-31(49-36)9-7-25-20-55-17-5-15-52(25)39(33)51-41(50-37)57-22-42-11-4-16-53(42)26(10-12-42)21-56-40-38(34(45)23(2)43)47-13-14-48-40/h1,6,8,13-14,18-19,23,25-26,34,54H,4-5,7,9-12,15-17,20-22H2,2H3/t23?,25-,26-,34?,42-/m0/s1. The van der Waals surface area contributed by atoms with Gasteiger partial charge in [0.1, 0.15) is 53.7 Å². The minimum absolute atomic E-state index is 0.000831. The second-order valence-corrected chi connectivity index (χ2v) is 15.4. The number of pyridine rings is 1. The molecule has 15 heteroatoms. The van der Waals surface area contributed by atoms with Gasteiger partial charge in [0.25, 0.3) is 0 Å². The van der Waals surface area contributed by atoms with Gasteiger partial charge in [-0.3, -0.25) is 9.88 Å². The van der Waals surface area contributed by atoms with Crippen LogP contribution in [-0.4, -0.2) is 98.2 Å². The predicted octanol–water partition coefficient (Wildman–Crippen LogP) is 6.97. The van der Waals surface area contributed by atoms with Gasteiger partial charge in [-0.15, -0.1) is 6.42 Å². The van der Waals surface area contributed by atoms with Gasteiger partial charge in [0.2, 0.25) is 5.88 Å². The number of nitrogens with zero attached hydrogens (tertiary/aromatic N) is 7. The number of aryl methyl sites for hydroxylation is 1. The second kappa shape index (κ2) is 14.9. The molecule has 57 heavy (non-hydrogen) atoms. The first-order valence-electron chi connectivity index (χ1n) is 19.4. The third-order valence-electron chi connectivity index (χ3n) is 12.0. The normalized spacial score (nSPS) is 23.1. The van der Waals surface area contributed by atoms with Crippen molar-refractivity contribution >= 4 is 27.5 Å². The molecule has 9 rings (SSSR count). The fourth-order valence-corrected chi connectivity index (χ4v) is 9.26. The molecule has 2 aromatic carbocycles. The summed E-state index contributed by atoms with van der Waals surface area (Å²) in [4.78, 5) is 27.2. The zero-order valence-electron chi connectivity index (χ0n) is 31.4. The van der Waals surface area contributed by atoms with Crippen molar-refractivity contribution < 1.29 is 36.9 Å². The number of halogens is 4. The van der Waals surface area contributed by atoms with Crippen molar-refractivity contribution in [3.8, 4) is 41.2 Å². The van der Waals surface area contributed by atoms with Crippen LogP contribution in [0.25, 0.3) is 32.9 Å². The number of ether oxygens (including phenoxy) is 3. The molecule has 0 aliphatic carbocycles. The van der Waals surface area contributed by atoms with Gasteiger partial charge in [0, 0.05) is 42.5 Å². The van der Waals surface area contributed by atoms with Crippen LogP contribution < -0.4 is 14.4 Å². The van der Waals surface area contributed by atoms with Gasteiger partial charge in [0.05, 0.1) is 34.8 Å². The van der Waals surface area contributed by atoms with Crippen LogP contribution in [-0.2, 0) is 11.2 Å². The number of fused-ring (bicyclic) bond motifs is 4. The summed E-state index contributed by atoms with van der Waals surface area (Å²) in [6.45, 7) is 4.01. The molecular weight excluding hydrogens is 742 g/mol. The minimum Gasteiger partial charge on any atom is -0.508 e. The first-order valence-corrected chi connectivity index (χ1v) is 19.4. The third kappa shape index (κ3) is 6.52. The van der Waals surface area contributed by atoms with Gasteiger partial charge in [-0.25, -0.2) is 27.5 Å². The first kappa shape index (κ1) is 37.3. The van der Waals surface area contributed by atoms with Crippen LogP contribution in [0.15, 0.2) is 36.7 Å². The molecule has 4 aliphatic rings. The lowest BCUT2D eigenvalue weighted by Gasteiger charge is -2.34. The average molecular weight is 784 g/mol. The van der Waals surface area contributed by atoms with Crippen molar-refractivity contribution in [2.45, 2.75) is 81.8 Å². The number of anilines is 1. The van der Waals surface area contributed by atoms with Crippen molar-refractivity contribution in [3.05, 3.63) is 65.2 Å². The molecule has 0 amide bonds. The Balaban J connectivity index is 1.08. The molecule has 5 aromatic rings. The summed E-state index contributed by atoms with van der Waals surface area (Å²) in [7, 11) is 0. The Morgan fingerprint density at radius 1 is 1.04 bits per heavy atom. The summed E-state index contributed by atoms with van der Waals surface area (Å²) in [5.74, 6) is 1.31. The number of benzene rings is 2. The highest BCUT2D eigenvalue weighted by Crippen LogP contribution is 2.45. The molecule has 11 nitrogen and oxygen atoms in total. The molecule has 0 saturated carbocycles. The minimum atomic E-state index is -1.96. The number of hydrogen-bond donors (Lipinski definition) is 1. The summed E-state index contributed by atoms with van der Waals surface area (Å²) in [6.07, 6.45) is 9.90. The number of aromatic nitrogens is 5. The molecule has 0 spiro atoms. The zero-order valence-corrected chi connectivity index (χ0v) is 31.4. The van der Waals surface area contributed by atoms with Crippen LogP contribution in [0.5, 0.6) is 17.6 Å². The number of terminal acetylenes is 1. The lowest BCUT2D eigenvalue weighted by molar-refractivity contribution is 0.0668. The van der Waals surface area contributed by atoms with E-state index in [9.17, 15) is 13.9 Å². The average Bonchev–Trinajstić information content (AvgIpc) is 3.63. The SMILES string of the molecule is C#Cc1c(F)ccc2cc(O)cc(-c3nc4c5c(nc(OC[C@@]67CCCN6[C@H](COc6nccnc6C(F)C(C)F)CC7)nc5c3F)N3CCCOC[C@@H]3CC4)c12. The van der Waals surface area contributed by atoms with E-state index in [1.165, 1.54) is 36.7 Å². The highest BCUT2D eigenvalue weighted by atomic mass is 19.2. The Hall–Kier alpha value is -5.33. The summed E-state index contributed by atoms with van der Waals surface area (Å²) < 4.78 is 79.4. The maximum atomic E-state index is 17.3. The molecule has 0 radical (unpaired) electrons. The zero-order chi connectivity index (χ0) is 39.4. The van der Waals surface area contributed by atoms with Crippen molar-refractivity contribution in [3.63, 3.8) is 0 Å². The topological polar surface area (TPSA) is 119 Å². The molecule has 1 N–H and O–H groups in total. The highest BCUT2D eigenvalue weighted by Gasteiger charge is 2.50. The largest absolute Gasteiger partial charge is 0.508 e. The summed E-state index contributed by atoms with van der Waals surface area (Å²) in [5.41, 5.74) is -0.0137. The lowest BCUT2D eigenvalue weighted by atomic mass is 9.95. The molecule has 5 atom stereocenters. The van der Waals surface area contributed by atoms with Gasteiger partial charge in [-0.2, -0.15) is 9.97 Å². The Labute approximate surface area is 326 Å². The Morgan fingerprint density at radius 3 is 2.74 bits per heavy atom. The van der Waals surface area contributed by atoms with E-state index in [4.69, 9.17) is 35.6 Å². The van der Waals surface area contributed by atoms with Crippen molar-refractivity contribution in [2.75, 3.05) is 44.4 Å². The quantitative estimate of drug-likeness (QED) is 0.123. The molecule has 7 heterocycles. The van der Waals surface area contributed by atoms with Crippen LogP contribution in [0.2, 0.25) is 0 Å². The first-order chi connectivity index (χ1) is 27.7. The van der Waals surface area contributed by atoms with Crippen molar-refractivity contribution in [1.82, 2.24) is 29.8 Å². The highest BCUT2D eigenvalue weighted by molar-refractivity contribution is 6.03. The third-order valence-corrected chi connectivity index (χ3v) is 12.0. The van der Waals surface area contributed by atoms with Crippen LogP contribution in [0.4, 0.5) is 23.4 Å². The maximum Gasteiger partial charge on any atom is 0.319 e. The number of phenolic OH excluding ortho intramolecular Hbond substituents is 1. The smallest absolute Gasteiger partial charge is 0.319 e. The molecule has 296 valence electrons. The van der Waals surface area contributed by atoms with Gasteiger partial charge in [-0.05, 0) is 82.0 Å². The summed E-state index contributed by atoms with van der Waals surface area (Å²) in [5, 5.41) is 11.9. The molecule has 3 aromatic heterocycles. The van der Waals surface area contributed by atoms with Crippen LogP contribution >= 0.6 is 0 Å². The molecule has 2 unspecified atom stereocenters. The van der Waals surface area contributed by atoms with E-state index >= 15 is 8.78 Å². The van der Waals surface area contributed by atoms with Crippen molar-refractivity contribution in [2.24, 2.45) is 0 Å². The Kier molecular flexibility index (Phi) is 9.72. The number of hydrogen-bond acceptors (Lipinski definition) is 11. The van der Waals surface area contributed by atoms with Gasteiger partial charge in [0.15, 0.2) is 12.0 Å². The van der Waals surface area contributed by atoms with E-state index in [2.05, 4.69) is 25.7 Å². The fraction of sp³-hybridized carbons (Fsp3) is 0.452. The van der Waals surface area contributed by atoms with Crippen LogP contribution in [0, 0.1) is 24.0 Å². The van der Waals surface area contributed by atoms with E-state index in [1.807, 2.05) is 0 Å². The fourth-order valence-electron chi connectivity index (χ4n) is 9.26. The monoisotopic (exact) mass is 783 g/mol. The van der Waals surface area contributed by atoms with E-state index in [-0.39, 0.29) is 81.9 Å². The lowest BCUT2D eigenvalue weighted by Crippen LogP contribution is -2.48. The van der Waals surface area contributed by atoms with E-state index in [0.717, 1.165) is 45.6 Å². The summed E-state index contributed by atoms with van der Waals surface area (Å²) >= 11 is 0.